The summed E-state index contributed by atoms with van der Waals surface area (Å²) in [7, 11) is -3.50. The van der Waals surface area contributed by atoms with Crippen LogP contribution in [0.2, 0.25) is 0 Å². The quantitative estimate of drug-likeness (QED) is 0.768. The van der Waals surface area contributed by atoms with Gasteiger partial charge in [-0.1, -0.05) is 17.7 Å². The molecule has 26 heavy (non-hydrogen) atoms. The van der Waals surface area contributed by atoms with Gasteiger partial charge in [0.25, 0.3) is 0 Å². The molecule has 0 bridgehead atoms. The number of rotatable bonds is 8. The molecule has 6 nitrogen and oxygen atoms in total. The number of hydrogen-bond acceptors (Lipinski definition) is 4. The van der Waals surface area contributed by atoms with Gasteiger partial charge in [-0.05, 0) is 50.2 Å². The smallest absolute Gasteiger partial charge is 0.232 e. The highest BCUT2D eigenvalue weighted by Crippen LogP contribution is 2.22. The second-order valence-electron chi connectivity index (χ2n) is 5.93. The summed E-state index contributed by atoms with van der Waals surface area (Å²) < 4.78 is 30.8. The van der Waals surface area contributed by atoms with Gasteiger partial charge in [0.15, 0.2) is 0 Å². The number of anilines is 2. The van der Waals surface area contributed by atoms with E-state index in [4.69, 9.17) is 4.74 Å². The highest BCUT2D eigenvalue weighted by molar-refractivity contribution is 7.92. The second kappa shape index (κ2) is 8.71. The standard InChI is InChI=1S/C19H24N2O4S/c1-4-25-18-11-9-17(10-12-18)21(26(3,23)24)14-13-19(22)20-16-7-5-15(2)6-8-16/h5-12H,4,13-14H2,1-3H3,(H,20,22). The van der Waals surface area contributed by atoms with Crippen LogP contribution >= 0.6 is 0 Å². The predicted molar refractivity (Wildman–Crippen MR) is 104 cm³/mol. The molecule has 0 aliphatic carbocycles. The molecule has 1 N–H and O–H groups in total. The van der Waals surface area contributed by atoms with Crippen LogP contribution in [-0.4, -0.2) is 33.7 Å². The van der Waals surface area contributed by atoms with E-state index in [0.29, 0.717) is 23.7 Å². The number of aryl methyl sites for hydroxylation is 1. The zero-order valence-electron chi connectivity index (χ0n) is 15.2. The summed E-state index contributed by atoms with van der Waals surface area (Å²) in [6, 6.07) is 14.2. The highest BCUT2D eigenvalue weighted by Gasteiger charge is 2.18. The topological polar surface area (TPSA) is 75.7 Å². The lowest BCUT2D eigenvalue weighted by molar-refractivity contribution is -0.116. The van der Waals surface area contributed by atoms with Crippen molar-refractivity contribution < 1.29 is 17.9 Å². The van der Waals surface area contributed by atoms with E-state index in [9.17, 15) is 13.2 Å². The van der Waals surface area contributed by atoms with Crippen LogP contribution in [0.1, 0.15) is 18.9 Å². The van der Waals surface area contributed by atoms with Gasteiger partial charge in [0.2, 0.25) is 15.9 Å². The van der Waals surface area contributed by atoms with E-state index in [2.05, 4.69) is 5.32 Å². The predicted octanol–water partition coefficient (Wildman–Crippen LogP) is 3.19. The fraction of sp³-hybridized carbons (Fsp3) is 0.316. The summed E-state index contributed by atoms with van der Waals surface area (Å²) in [5.74, 6) is 0.426. The maximum atomic E-state index is 12.1. The van der Waals surface area contributed by atoms with Crippen LogP contribution in [0.3, 0.4) is 0 Å². The third kappa shape index (κ3) is 5.77. The van der Waals surface area contributed by atoms with Gasteiger partial charge in [-0.3, -0.25) is 9.10 Å². The first-order valence-electron chi connectivity index (χ1n) is 8.36. The van der Waals surface area contributed by atoms with Gasteiger partial charge >= 0.3 is 0 Å². The maximum Gasteiger partial charge on any atom is 0.232 e. The molecule has 2 rings (SSSR count). The molecule has 0 heterocycles. The molecule has 0 fully saturated rings. The summed E-state index contributed by atoms with van der Waals surface area (Å²) in [6.07, 6.45) is 1.18. The van der Waals surface area contributed by atoms with Gasteiger partial charge in [0.1, 0.15) is 5.75 Å². The van der Waals surface area contributed by atoms with Crippen LogP contribution in [0, 0.1) is 6.92 Å². The van der Waals surface area contributed by atoms with E-state index in [1.165, 1.54) is 4.31 Å². The van der Waals surface area contributed by atoms with Crippen molar-refractivity contribution in [3.8, 4) is 5.75 Å². The zero-order chi connectivity index (χ0) is 19.2. The number of ether oxygens (including phenoxy) is 1. The minimum atomic E-state index is -3.50. The molecule has 0 saturated carbocycles. The molecule has 0 spiro atoms. The van der Waals surface area contributed by atoms with Crippen LogP contribution in [0.4, 0.5) is 11.4 Å². The number of carbonyl (C=O) groups excluding carboxylic acids is 1. The molecular formula is C19H24N2O4S. The van der Waals surface area contributed by atoms with Crippen LogP contribution in [0.15, 0.2) is 48.5 Å². The van der Waals surface area contributed by atoms with Gasteiger partial charge in [-0.2, -0.15) is 0 Å². The molecule has 0 aliphatic rings. The van der Waals surface area contributed by atoms with Crippen molar-refractivity contribution in [1.29, 1.82) is 0 Å². The Morgan fingerprint density at radius 3 is 2.23 bits per heavy atom. The molecule has 0 aromatic heterocycles. The van der Waals surface area contributed by atoms with E-state index < -0.39 is 10.0 Å². The van der Waals surface area contributed by atoms with E-state index >= 15 is 0 Å². The average molecular weight is 376 g/mol. The number of benzene rings is 2. The fourth-order valence-corrected chi connectivity index (χ4v) is 3.35. The number of nitrogens with zero attached hydrogens (tertiary/aromatic N) is 1. The molecule has 7 heteroatoms. The van der Waals surface area contributed by atoms with Crippen LogP contribution in [0.5, 0.6) is 5.75 Å². The molecule has 1 amide bonds. The van der Waals surface area contributed by atoms with E-state index in [1.54, 1.807) is 24.3 Å². The minimum Gasteiger partial charge on any atom is -0.494 e. The Labute approximate surface area is 154 Å². The number of carbonyl (C=O) groups is 1. The third-order valence-electron chi connectivity index (χ3n) is 3.71. The largest absolute Gasteiger partial charge is 0.494 e. The third-order valence-corrected chi connectivity index (χ3v) is 4.91. The molecular weight excluding hydrogens is 352 g/mol. The first kappa shape index (κ1) is 19.8. The van der Waals surface area contributed by atoms with Crippen molar-refractivity contribution in [2.75, 3.05) is 29.0 Å². The van der Waals surface area contributed by atoms with Gasteiger partial charge in [-0.15, -0.1) is 0 Å². The molecule has 2 aromatic rings. The normalized spacial score (nSPS) is 11.0. The lowest BCUT2D eigenvalue weighted by Gasteiger charge is -2.22. The summed E-state index contributed by atoms with van der Waals surface area (Å²) >= 11 is 0. The minimum absolute atomic E-state index is 0.0498. The van der Waals surface area contributed by atoms with Crippen LogP contribution < -0.4 is 14.4 Å². The number of hydrogen-bond donors (Lipinski definition) is 1. The monoisotopic (exact) mass is 376 g/mol. The molecule has 2 aromatic carbocycles. The van der Waals surface area contributed by atoms with E-state index in [1.807, 2.05) is 38.1 Å². The average Bonchev–Trinajstić information content (AvgIpc) is 2.58. The highest BCUT2D eigenvalue weighted by atomic mass is 32.2. The SMILES string of the molecule is CCOc1ccc(N(CCC(=O)Nc2ccc(C)cc2)S(C)(=O)=O)cc1. The van der Waals surface area contributed by atoms with Gasteiger partial charge < -0.3 is 10.1 Å². The van der Waals surface area contributed by atoms with Gasteiger partial charge in [-0.25, -0.2) is 8.42 Å². The van der Waals surface area contributed by atoms with Crippen molar-refractivity contribution in [2.45, 2.75) is 20.3 Å². The Hall–Kier alpha value is -2.54. The molecule has 0 radical (unpaired) electrons. The lowest BCUT2D eigenvalue weighted by atomic mass is 10.2. The Morgan fingerprint density at radius 1 is 1.08 bits per heavy atom. The van der Waals surface area contributed by atoms with Crippen molar-refractivity contribution in [3.05, 3.63) is 54.1 Å². The fourth-order valence-electron chi connectivity index (χ4n) is 2.43. The van der Waals surface area contributed by atoms with Crippen molar-refractivity contribution in [2.24, 2.45) is 0 Å². The number of sulfonamides is 1. The first-order valence-corrected chi connectivity index (χ1v) is 10.2. The summed E-state index contributed by atoms with van der Waals surface area (Å²) in [5, 5.41) is 2.77. The molecule has 0 saturated heterocycles. The summed E-state index contributed by atoms with van der Waals surface area (Å²) in [5.41, 5.74) is 2.29. The van der Waals surface area contributed by atoms with Crippen LogP contribution in [-0.2, 0) is 14.8 Å². The Bertz CT molecular complexity index is 831. The molecule has 0 unspecified atom stereocenters. The Balaban J connectivity index is 2.04. The molecule has 0 aliphatic heterocycles. The first-order chi connectivity index (χ1) is 12.3. The van der Waals surface area contributed by atoms with Crippen LogP contribution in [0.25, 0.3) is 0 Å². The van der Waals surface area contributed by atoms with Crippen molar-refractivity contribution in [1.82, 2.24) is 0 Å². The summed E-state index contributed by atoms with van der Waals surface area (Å²) in [6.45, 7) is 4.44. The lowest BCUT2D eigenvalue weighted by Crippen LogP contribution is -2.33. The Morgan fingerprint density at radius 2 is 1.69 bits per heavy atom. The van der Waals surface area contributed by atoms with Gasteiger partial charge in [0.05, 0.1) is 18.6 Å². The number of nitrogens with one attached hydrogen (secondary N) is 1. The van der Waals surface area contributed by atoms with Crippen molar-refractivity contribution >= 4 is 27.3 Å². The van der Waals surface area contributed by atoms with E-state index in [-0.39, 0.29) is 18.9 Å². The van der Waals surface area contributed by atoms with E-state index in [0.717, 1.165) is 11.8 Å². The zero-order valence-corrected chi connectivity index (χ0v) is 16.0. The molecule has 0 atom stereocenters. The second-order valence-corrected chi connectivity index (χ2v) is 7.83. The summed E-state index contributed by atoms with van der Waals surface area (Å²) in [4.78, 5) is 12.1. The number of amides is 1. The molecule has 140 valence electrons. The van der Waals surface area contributed by atoms with Gasteiger partial charge in [0, 0.05) is 18.7 Å². The van der Waals surface area contributed by atoms with Crippen molar-refractivity contribution in [3.63, 3.8) is 0 Å². The Kier molecular flexibility index (Phi) is 6.63. The maximum absolute atomic E-state index is 12.1.